The third kappa shape index (κ3) is 4.71. The monoisotopic (exact) mass is 421 g/mol. The molecule has 1 fully saturated rings. The first kappa shape index (κ1) is 20.2. The molecule has 4 rings (SSSR count). The second-order valence-electron chi connectivity index (χ2n) is 7.15. The van der Waals surface area contributed by atoms with E-state index in [9.17, 15) is 9.59 Å². The Hall–Kier alpha value is -3.13. The molecule has 2 aromatic carbocycles. The van der Waals surface area contributed by atoms with Gasteiger partial charge in [-0.3, -0.25) is 9.59 Å². The second-order valence-corrected chi connectivity index (χ2v) is 8.14. The lowest BCUT2D eigenvalue weighted by molar-refractivity contribution is -0.115. The maximum Gasteiger partial charge on any atom is 0.274 e. The molecule has 1 saturated carbocycles. The number of hydrogen-bond donors (Lipinski definition) is 2. The topological polar surface area (TPSA) is 88.9 Å². The van der Waals surface area contributed by atoms with Crippen LogP contribution in [0.1, 0.15) is 29.8 Å². The molecule has 2 N–H and O–H groups in total. The fourth-order valence-corrected chi connectivity index (χ4v) is 3.45. The van der Waals surface area contributed by atoms with Gasteiger partial charge in [-0.25, -0.2) is 4.68 Å². The van der Waals surface area contributed by atoms with E-state index in [1.807, 2.05) is 60.9 Å². The second kappa shape index (κ2) is 9.13. The van der Waals surface area contributed by atoms with Crippen LogP contribution in [0, 0.1) is 0 Å². The highest BCUT2D eigenvalue weighted by atomic mass is 32.2. The average Bonchev–Trinajstić information content (AvgIpc) is 3.47. The van der Waals surface area contributed by atoms with Crippen LogP contribution in [-0.2, 0) is 4.79 Å². The molecule has 0 spiro atoms. The molecule has 1 aliphatic rings. The van der Waals surface area contributed by atoms with Crippen molar-refractivity contribution in [3.63, 3.8) is 0 Å². The van der Waals surface area contributed by atoms with E-state index in [1.165, 1.54) is 0 Å². The van der Waals surface area contributed by atoms with Gasteiger partial charge in [-0.1, -0.05) is 35.5 Å². The maximum absolute atomic E-state index is 12.7. The number of anilines is 1. The van der Waals surface area contributed by atoms with Gasteiger partial charge in [-0.15, -0.1) is 5.10 Å². The molecular weight excluding hydrogens is 398 g/mol. The lowest BCUT2D eigenvalue weighted by Gasteiger charge is -2.10. The number of carbonyl (C=O) groups is 2. The zero-order valence-corrected chi connectivity index (χ0v) is 17.5. The van der Waals surface area contributed by atoms with Gasteiger partial charge in [0.15, 0.2) is 5.69 Å². The molecule has 8 heteroatoms. The van der Waals surface area contributed by atoms with E-state index < -0.39 is 0 Å². The number of rotatable bonds is 8. The summed E-state index contributed by atoms with van der Waals surface area (Å²) in [5.41, 5.74) is 3.29. The standard InChI is InChI=1S/C22H23N5O2S/c1-30-14-13-19(28)23-16-9-11-18(12-10-16)27-21(15-5-3-2-4-6-15)20(25-26-27)22(29)24-17-7-8-17/h2-6,9-12,17H,7-8,13-14H2,1H3,(H,23,28)(H,24,29). The molecule has 1 aliphatic carbocycles. The third-order valence-electron chi connectivity index (χ3n) is 4.77. The molecule has 0 bridgehead atoms. The van der Waals surface area contributed by atoms with E-state index in [1.54, 1.807) is 16.4 Å². The summed E-state index contributed by atoms with van der Waals surface area (Å²) in [5, 5.41) is 14.3. The van der Waals surface area contributed by atoms with Gasteiger partial charge in [0.1, 0.15) is 5.69 Å². The molecule has 1 aromatic heterocycles. The predicted molar refractivity (Wildman–Crippen MR) is 119 cm³/mol. The summed E-state index contributed by atoms with van der Waals surface area (Å²) in [6, 6.07) is 17.2. The average molecular weight is 422 g/mol. The van der Waals surface area contributed by atoms with Crippen molar-refractivity contribution >= 4 is 29.3 Å². The predicted octanol–water partition coefficient (Wildman–Crippen LogP) is 3.52. The number of nitrogens with zero attached hydrogens (tertiary/aromatic N) is 3. The fraction of sp³-hybridized carbons (Fsp3) is 0.273. The number of hydrogen-bond acceptors (Lipinski definition) is 5. The Morgan fingerprint density at radius 1 is 1.10 bits per heavy atom. The van der Waals surface area contributed by atoms with E-state index in [0.29, 0.717) is 17.8 Å². The van der Waals surface area contributed by atoms with Crippen LogP contribution in [0.15, 0.2) is 54.6 Å². The van der Waals surface area contributed by atoms with Gasteiger partial charge in [-0.2, -0.15) is 11.8 Å². The summed E-state index contributed by atoms with van der Waals surface area (Å²) < 4.78 is 1.66. The molecule has 0 atom stereocenters. The quantitative estimate of drug-likeness (QED) is 0.581. The zero-order chi connectivity index (χ0) is 20.9. The molecule has 0 unspecified atom stereocenters. The number of carbonyl (C=O) groups excluding carboxylic acids is 2. The Morgan fingerprint density at radius 3 is 2.50 bits per heavy atom. The minimum atomic E-state index is -0.208. The van der Waals surface area contributed by atoms with Gasteiger partial charge < -0.3 is 10.6 Å². The molecule has 3 aromatic rings. The molecule has 7 nitrogen and oxygen atoms in total. The van der Waals surface area contributed by atoms with E-state index in [0.717, 1.165) is 35.5 Å². The van der Waals surface area contributed by atoms with Crippen molar-refractivity contribution in [1.29, 1.82) is 0 Å². The zero-order valence-electron chi connectivity index (χ0n) is 16.7. The largest absolute Gasteiger partial charge is 0.348 e. The molecule has 0 radical (unpaired) electrons. The van der Waals surface area contributed by atoms with E-state index >= 15 is 0 Å². The Labute approximate surface area is 179 Å². The summed E-state index contributed by atoms with van der Waals surface area (Å²) >= 11 is 1.64. The summed E-state index contributed by atoms with van der Waals surface area (Å²) in [6.45, 7) is 0. The first-order valence-corrected chi connectivity index (χ1v) is 11.3. The number of benzene rings is 2. The maximum atomic E-state index is 12.7. The van der Waals surface area contributed by atoms with Crippen molar-refractivity contribution < 1.29 is 9.59 Å². The van der Waals surface area contributed by atoms with Gasteiger partial charge in [0.2, 0.25) is 5.91 Å². The van der Waals surface area contributed by atoms with Crippen LogP contribution < -0.4 is 10.6 Å². The number of nitrogens with one attached hydrogen (secondary N) is 2. The minimum Gasteiger partial charge on any atom is -0.348 e. The van der Waals surface area contributed by atoms with Crippen molar-refractivity contribution in [3.8, 4) is 16.9 Å². The van der Waals surface area contributed by atoms with Gasteiger partial charge in [0.25, 0.3) is 5.91 Å². The number of amides is 2. The van der Waals surface area contributed by atoms with E-state index in [4.69, 9.17) is 0 Å². The molecule has 0 saturated heterocycles. The molecule has 1 heterocycles. The van der Waals surface area contributed by atoms with Crippen LogP contribution in [-0.4, -0.2) is 44.9 Å². The van der Waals surface area contributed by atoms with Gasteiger partial charge in [-0.05, 0) is 43.4 Å². The first-order chi connectivity index (χ1) is 14.7. The third-order valence-corrected chi connectivity index (χ3v) is 5.39. The molecule has 0 aliphatic heterocycles. The normalized spacial score (nSPS) is 13.1. The number of thioether (sulfide) groups is 1. The number of aromatic nitrogens is 3. The Morgan fingerprint density at radius 2 is 1.83 bits per heavy atom. The lowest BCUT2D eigenvalue weighted by Crippen LogP contribution is -2.26. The van der Waals surface area contributed by atoms with E-state index in [2.05, 4.69) is 20.9 Å². The summed E-state index contributed by atoms with van der Waals surface area (Å²) in [5.74, 6) is 0.566. The van der Waals surface area contributed by atoms with Crippen LogP contribution in [0.25, 0.3) is 16.9 Å². The first-order valence-electron chi connectivity index (χ1n) is 9.87. The van der Waals surface area contributed by atoms with Crippen LogP contribution in [0.2, 0.25) is 0 Å². The van der Waals surface area contributed by atoms with Gasteiger partial charge in [0, 0.05) is 29.5 Å². The summed E-state index contributed by atoms with van der Waals surface area (Å²) in [7, 11) is 0. The molecule has 154 valence electrons. The SMILES string of the molecule is CSCCC(=O)Nc1ccc(-n2nnc(C(=O)NC3CC3)c2-c2ccccc2)cc1. The highest BCUT2D eigenvalue weighted by molar-refractivity contribution is 7.98. The Balaban J connectivity index is 1.62. The summed E-state index contributed by atoms with van der Waals surface area (Å²) in [4.78, 5) is 24.7. The van der Waals surface area contributed by atoms with E-state index in [-0.39, 0.29) is 17.9 Å². The Kier molecular flexibility index (Phi) is 6.13. The minimum absolute atomic E-state index is 0.0122. The van der Waals surface area contributed by atoms with Crippen molar-refractivity contribution in [2.75, 3.05) is 17.3 Å². The van der Waals surface area contributed by atoms with Crippen molar-refractivity contribution in [3.05, 3.63) is 60.3 Å². The smallest absolute Gasteiger partial charge is 0.274 e. The van der Waals surface area contributed by atoms with Crippen LogP contribution in [0.3, 0.4) is 0 Å². The Bertz CT molecular complexity index is 1030. The molecule has 30 heavy (non-hydrogen) atoms. The van der Waals surface area contributed by atoms with Crippen LogP contribution in [0.5, 0.6) is 0 Å². The molecular formula is C22H23N5O2S. The van der Waals surface area contributed by atoms with Crippen molar-refractivity contribution in [1.82, 2.24) is 20.3 Å². The van der Waals surface area contributed by atoms with Crippen molar-refractivity contribution in [2.45, 2.75) is 25.3 Å². The van der Waals surface area contributed by atoms with Crippen molar-refractivity contribution in [2.24, 2.45) is 0 Å². The van der Waals surface area contributed by atoms with Gasteiger partial charge in [0.05, 0.1) is 5.69 Å². The highest BCUT2D eigenvalue weighted by Gasteiger charge is 2.28. The molecule has 2 amide bonds. The van der Waals surface area contributed by atoms with Crippen LogP contribution >= 0.6 is 11.8 Å². The summed E-state index contributed by atoms with van der Waals surface area (Å²) in [6.07, 6.45) is 4.46. The van der Waals surface area contributed by atoms with Crippen LogP contribution in [0.4, 0.5) is 5.69 Å². The van der Waals surface area contributed by atoms with Gasteiger partial charge >= 0.3 is 0 Å². The fourth-order valence-electron chi connectivity index (χ4n) is 3.06. The highest BCUT2D eigenvalue weighted by Crippen LogP contribution is 2.27. The lowest BCUT2D eigenvalue weighted by atomic mass is 10.1.